The number of ether oxygens (including phenoxy) is 1. The molecule has 1 saturated carbocycles. The lowest BCUT2D eigenvalue weighted by molar-refractivity contribution is -0.146. The molecule has 0 heterocycles. The van der Waals surface area contributed by atoms with E-state index in [2.05, 4.69) is 16.6 Å². The highest BCUT2D eigenvalue weighted by molar-refractivity contribution is 6.34. The smallest absolute Gasteiger partial charge is 0.408 e. The van der Waals surface area contributed by atoms with Crippen LogP contribution in [-0.2, 0) is 19.1 Å². The summed E-state index contributed by atoms with van der Waals surface area (Å²) in [4.78, 5) is 54.4. The SMILES string of the molecule is C#Cc1ccccc1C(C(=O)Nc1c(C)cccc1Cl)N(C(=O)C(CCC(N)=O)NC(=O)OC(C)(C)C)C1CCC1. The average Bonchev–Trinajstić information content (AvgIpc) is 2.86. The fourth-order valence-electron chi connectivity index (χ4n) is 4.62. The zero-order chi connectivity index (χ0) is 30.3. The zero-order valence-electron chi connectivity index (χ0n) is 23.8. The number of amides is 4. The predicted molar refractivity (Wildman–Crippen MR) is 158 cm³/mol. The molecule has 1 aliphatic carbocycles. The van der Waals surface area contributed by atoms with Gasteiger partial charge < -0.3 is 26.0 Å². The number of rotatable bonds is 10. The van der Waals surface area contributed by atoms with Crippen LogP contribution in [0.3, 0.4) is 0 Å². The van der Waals surface area contributed by atoms with Crippen LogP contribution < -0.4 is 16.4 Å². The Morgan fingerprint density at radius 1 is 1.15 bits per heavy atom. The van der Waals surface area contributed by atoms with Gasteiger partial charge in [-0.05, 0) is 76.6 Å². The van der Waals surface area contributed by atoms with Crippen LogP contribution in [0.1, 0.15) is 75.6 Å². The maximum Gasteiger partial charge on any atom is 0.408 e. The fourth-order valence-corrected chi connectivity index (χ4v) is 4.89. The highest BCUT2D eigenvalue weighted by Crippen LogP contribution is 2.36. The van der Waals surface area contributed by atoms with Crippen molar-refractivity contribution < 1.29 is 23.9 Å². The third-order valence-corrected chi connectivity index (χ3v) is 7.11. The van der Waals surface area contributed by atoms with Gasteiger partial charge in [-0.3, -0.25) is 14.4 Å². The molecule has 9 nitrogen and oxygen atoms in total. The molecule has 3 rings (SSSR count). The van der Waals surface area contributed by atoms with E-state index in [9.17, 15) is 19.2 Å². The van der Waals surface area contributed by atoms with Crippen molar-refractivity contribution in [2.75, 3.05) is 5.32 Å². The maximum absolute atomic E-state index is 14.3. The number of alkyl carbamates (subject to hydrolysis) is 1. The summed E-state index contributed by atoms with van der Waals surface area (Å²) in [6, 6.07) is 9.48. The van der Waals surface area contributed by atoms with Gasteiger partial charge in [-0.2, -0.15) is 0 Å². The Balaban J connectivity index is 2.10. The van der Waals surface area contributed by atoms with E-state index < -0.39 is 41.5 Å². The van der Waals surface area contributed by atoms with E-state index >= 15 is 0 Å². The van der Waals surface area contributed by atoms with Crippen LogP contribution >= 0.6 is 11.6 Å². The lowest BCUT2D eigenvalue weighted by Gasteiger charge is -2.44. The Morgan fingerprint density at radius 2 is 1.83 bits per heavy atom. The number of hydrogen-bond acceptors (Lipinski definition) is 5. The maximum atomic E-state index is 14.3. The van der Waals surface area contributed by atoms with E-state index in [4.69, 9.17) is 28.5 Å². The number of para-hydroxylation sites is 1. The van der Waals surface area contributed by atoms with E-state index in [1.807, 2.05) is 13.0 Å². The molecule has 41 heavy (non-hydrogen) atoms. The van der Waals surface area contributed by atoms with E-state index in [1.165, 1.54) is 4.90 Å². The van der Waals surface area contributed by atoms with Gasteiger partial charge in [0.1, 0.15) is 17.7 Å². The van der Waals surface area contributed by atoms with Crippen LogP contribution in [0.15, 0.2) is 42.5 Å². The summed E-state index contributed by atoms with van der Waals surface area (Å²) >= 11 is 6.42. The average molecular weight is 581 g/mol. The number of terminal acetylenes is 1. The number of carbonyl (C=O) groups excluding carboxylic acids is 4. The second kappa shape index (κ2) is 13.6. The first kappa shape index (κ1) is 31.5. The van der Waals surface area contributed by atoms with Crippen LogP contribution in [0.25, 0.3) is 0 Å². The minimum absolute atomic E-state index is 0.0780. The second-order valence-electron chi connectivity index (χ2n) is 11.1. The van der Waals surface area contributed by atoms with Crippen LogP contribution in [0, 0.1) is 19.3 Å². The van der Waals surface area contributed by atoms with Gasteiger partial charge in [0, 0.05) is 18.0 Å². The monoisotopic (exact) mass is 580 g/mol. The fraction of sp³-hybridized carbons (Fsp3) is 0.419. The second-order valence-corrected chi connectivity index (χ2v) is 11.5. The predicted octanol–water partition coefficient (Wildman–Crippen LogP) is 4.85. The molecule has 1 fully saturated rings. The van der Waals surface area contributed by atoms with Crippen molar-refractivity contribution in [2.24, 2.45) is 5.73 Å². The zero-order valence-corrected chi connectivity index (χ0v) is 24.6. The molecule has 0 bridgehead atoms. The number of nitrogens with one attached hydrogen (secondary N) is 2. The normalized spacial score (nSPS) is 14.5. The first-order chi connectivity index (χ1) is 19.3. The van der Waals surface area contributed by atoms with Crippen LogP contribution in [0.4, 0.5) is 10.5 Å². The van der Waals surface area contributed by atoms with Crippen molar-refractivity contribution >= 4 is 41.1 Å². The summed E-state index contributed by atoms with van der Waals surface area (Å²) in [5.41, 5.74) is 6.61. The molecule has 2 aromatic rings. The molecule has 0 saturated heterocycles. The topological polar surface area (TPSA) is 131 Å². The van der Waals surface area contributed by atoms with Gasteiger partial charge in [0.05, 0.1) is 10.7 Å². The summed E-state index contributed by atoms with van der Waals surface area (Å²) in [6.07, 6.45) is 6.90. The number of anilines is 1. The van der Waals surface area contributed by atoms with E-state index in [0.717, 1.165) is 12.0 Å². The Morgan fingerprint density at radius 3 is 2.39 bits per heavy atom. The summed E-state index contributed by atoms with van der Waals surface area (Å²) in [5, 5.41) is 5.85. The number of nitrogens with two attached hydrogens (primary N) is 1. The Labute approximate surface area is 246 Å². The molecule has 4 N–H and O–H groups in total. The summed E-state index contributed by atoms with van der Waals surface area (Å²) in [6.45, 7) is 6.90. The first-order valence-corrected chi connectivity index (χ1v) is 13.9. The molecule has 0 aliphatic heterocycles. The van der Waals surface area contributed by atoms with Gasteiger partial charge >= 0.3 is 6.09 Å². The molecular weight excluding hydrogens is 544 g/mol. The molecule has 10 heteroatoms. The number of halogens is 1. The van der Waals surface area contributed by atoms with Gasteiger partial charge in [-0.25, -0.2) is 4.79 Å². The third-order valence-electron chi connectivity index (χ3n) is 6.80. The summed E-state index contributed by atoms with van der Waals surface area (Å²) in [7, 11) is 0. The van der Waals surface area contributed by atoms with Gasteiger partial charge in [-0.15, -0.1) is 6.42 Å². The van der Waals surface area contributed by atoms with Crippen molar-refractivity contribution in [1.29, 1.82) is 0 Å². The van der Waals surface area contributed by atoms with Crippen LogP contribution in [0.5, 0.6) is 0 Å². The van der Waals surface area contributed by atoms with E-state index in [-0.39, 0.29) is 18.9 Å². The quantitative estimate of drug-likeness (QED) is 0.346. The van der Waals surface area contributed by atoms with Crippen molar-refractivity contribution in [3.63, 3.8) is 0 Å². The molecule has 0 spiro atoms. The minimum Gasteiger partial charge on any atom is -0.444 e. The van der Waals surface area contributed by atoms with Gasteiger partial charge in [0.15, 0.2) is 0 Å². The molecule has 2 aromatic carbocycles. The number of nitrogens with zero attached hydrogens (tertiary/aromatic N) is 1. The molecule has 218 valence electrons. The molecule has 2 atom stereocenters. The minimum atomic E-state index is -1.19. The Bertz CT molecular complexity index is 1320. The van der Waals surface area contributed by atoms with Crippen molar-refractivity contribution in [2.45, 2.75) is 83.5 Å². The van der Waals surface area contributed by atoms with Crippen molar-refractivity contribution in [3.05, 3.63) is 64.2 Å². The van der Waals surface area contributed by atoms with Gasteiger partial charge in [0.2, 0.25) is 11.8 Å². The summed E-state index contributed by atoms with van der Waals surface area (Å²) in [5.74, 6) is 0.915. The highest BCUT2D eigenvalue weighted by atomic mass is 35.5. The first-order valence-electron chi connectivity index (χ1n) is 13.5. The number of benzene rings is 2. The standard InChI is InChI=1S/C31H37ClN4O5/c1-6-20-12-7-8-15-22(20)27(28(38)35-26-19(2)11-9-16-23(26)32)36(21-13-10-14-21)29(39)24(17-18-25(33)37)34-30(40)41-31(3,4)5/h1,7-9,11-12,15-16,21,24,27H,10,13-14,17-18H2,2-5H3,(H2,33,37)(H,34,40)(H,35,38). The largest absolute Gasteiger partial charge is 0.444 e. The Hall–Kier alpha value is -4.03. The Kier molecular flexibility index (Phi) is 10.4. The molecule has 4 amide bonds. The third kappa shape index (κ3) is 8.24. The lowest BCUT2D eigenvalue weighted by atomic mass is 9.87. The van der Waals surface area contributed by atoms with Crippen molar-refractivity contribution in [1.82, 2.24) is 10.2 Å². The molecule has 0 aromatic heterocycles. The highest BCUT2D eigenvalue weighted by Gasteiger charge is 2.42. The van der Waals surface area contributed by atoms with Crippen molar-refractivity contribution in [3.8, 4) is 12.3 Å². The number of aryl methyl sites for hydroxylation is 1. The van der Waals surface area contributed by atoms with Crippen LogP contribution in [0.2, 0.25) is 5.02 Å². The van der Waals surface area contributed by atoms with E-state index in [0.29, 0.717) is 34.7 Å². The lowest BCUT2D eigenvalue weighted by Crippen LogP contribution is -2.57. The summed E-state index contributed by atoms with van der Waals surface area (Å²) < 4.78 is 5.38. The van der Waals surface area contributed by atoms with E-state index in [1.54, 1.807) is 57.2 Å². The molecular formula is C31H37ClN4O5. The molecule has 1 aliphatic rings. The molecule has 0 radical (unpaired) electrons. The van der Waals surface area contributed by atoms with Gasteiger partial charge in [0.25, 0.3) is 5.91 Å². The van der Waals surface area contributed by atoms with Gasteiger partial charge in [-0.1, -0.05) is 47.9 Å². The van der Waals surface area contributed by atoms with Crippen LogP contribution in [-0.4, -0.2) is 46.4 Å². The number of primary amides is 1. The number of hydrogen-bond donors (Lipinski definition) is 3. The molecule has 2 unspecified atom stereocenters. The number of carbonyl (C=O) groups is 4.